The molecule has 0 aliphatic rings. The highest BCUT2D eigenvalue weighted by atomic mass is 32.2. The molecule has 1 aromatic rings. The van der Waals surface area contributed by atoms with Crippen LogP contribution in [0.25, 0.3) is 0 Å². The van der Waals surface area contributed by atoms with E-state index >= 15 is 0 Å². The third kappa shape index (κ3) is 4.74. The zero-order chi connectivity index (χ0) is 15.1. The first kappa shape index (κ1) is 16.9. The summed E-state index contributed by atoms with van der Waals surface area (Å²) in [5, 5.41) is 6.68. The number of aromatic nitrogens is 2. The third-order valence-corrected chi connectivity index (χ3v) is 4.43. The Kier molecular flexibility index (Phi) is 6.91. The van der Waals surface area contributed by atoms with Crippen LogP contribution in [0.15, 0.2) is 0 Å². The van der Waals surface area contributed by atoms with Gasteiger partial charge >= 0.3 is 0 Å². The van der Waals surface area contributed by atoms with Gasteiger partial charge in [-0.3, -0.25) is 4.21 Å². The van der Waals surface area contributed by atoms with E-state index in [1.807, 2.05) is 13.8 Å². The zero-order valence-corrected chi connectivity index (χ0v) is 13.9. The Bertz CT molecular complexity index is 465. The number of anilines is 2. The second kappa shape index (κ2) is 8.19. The van der Waals surface area contributed by atoms with E-state index in [-0.39, 0.29) is 5.25 Å². The summed E-state index contributed by atoms with van der Waals surface area (Å²) in [6.07, 6.45) is 3.61. The summed E-state index contributed by atoms with van der Waals surface area (Å²) in [6, 6.07) is 0. The van der Waals surface area contributed by atoms with Gasteiger partial charge in [0.1, 0.15) is 17.5 Å². The van der Waals surface area contributed by atoms with E-state index in [4.69, 9.17) is 0 Å². The predicted octanol–water partition coefficient (Wildman–Crippen LogP) is 2.35. The summed E-state index contributed by atoms with van der Waals surface area (Å²) in [4.78, 5) is 9.13. The highest BCUT2D eigenvalue weighted by Crippen LogP contribution is 2.20. The minimum absolute atomic E-state index is 0.0987. The van der Waals surface area contributed by atoms with E-state index in [0.29, 0.717) is 6.54 Å². The quantitative estimate of drug-likeness (QED) is 0.771. The third-order valence-electron chi connectivity index (χ3n) is 3.13. The molecule has 2 atom stereocenters. The van der Waals surface area contributed by atoms with Crippen LogP contribution < -0.4 is 10.6 Å². The van der Waals surface area contributed by atoms with Gasteiger partial charge in [-0.15, -0.1) is 0 Å². The summed E-state index contributed by atoms with van der Waals surface area (Å²) in [6.45, 7) is 9.62. The largest absolute Gasteiger partial charge is 0.370 e. The van der Waals surface area contributed by atoms with Crippen molar-refractivity contribution in [1.82, 2.24) is 9.97 Å². The van der Waals surface area contributed by atoms with Crippen LogP contribution in [0.4, 0.5) is 11.6 Å². The van der Waals surface area contributed by atoms with Crippen LogP contribution >= 0.6 is 0 Å². The fraction of sp³-hybridized carbons (Fsp3) is 0.714. The lowest BCUT2D eigenvalue weighted by Crippen LogP contribution is -2.22. The van der Waals surface area contributed by atoms with Crippen LogP contribution in [0.1, 0.15) is 38.6 Å². The van der Waals surface area contributed by atoms with Gasteiger partial charge in [0.05, 0.1) is 0 Å². The van der Waals surface area contributed by atoms with Gasteiger partial charge in [-0.05, 0) is 27.2 Å². The number of rotatable bonds is 8. The molecule has 1 aromatic heterocycles. The monoisotopic (exact) mass is 298 g/mol. The second-order valence-electron chi connectivity index (χ2n) is 4.93. The smallest absolute Gasteiger partial charge is 0.134 e. The van der Waals surface area contributed by atoms with Crippen LogP contribution in [0.2, 0.25) is 0 Å². The van der Waals surface area contributed by atoms with Crippen molar-refractivity contribution in [3.05, 3.63) is 11.4 Å². The molecule has 2 unspecified atom stereocenters. The number of hydrogen-bond acceptors (Lipinski definition) is 5. The van der Waals surface area contributed by atoms with Gasteiger partial charge in [-0.2, -0.15) is 0 Å². The van der Waals surface area contributed by atoms with Crippen LogP contribution in [-0.4, -0.2) is 38.8 Å². The standard InChI is InChI=1S/C14H26N4OS/c1-6-8-12-17-13(15-7-2)11(4)14(18-12)16-9-10(3)20(5)19/h10H,6-9H2,1-5H3,(H2,15,16,17,18). The Balaban J connectivity index is 2.94. The maximum absolute atomic E-state index is 11.4. The number of aryl methyl sites for hydroxylation is 1. The van der Waals surface area contributed by atoms with Crippen molar-refractivity contribution in [2.45, 2.75) is 45.8 Å². The van der Waals surface area contributed by atoms with Gasteiger partial charge < -0.3 is 10.6 Å². The van der Waals surface area contributed by atoms with E-state index in [9.17, 15) is 4.21 Å². The molecule has 0 bridgehead atoms. The topological polar surface area (TPSA) is 66.9 Å². The molecule has 0 saturated carbocycles. The molecule has 0 amide bonds. The van der Waals surface area contributed by atoms with E-state index in [1.54, 1.807) is 6.26 Å². The highest BCUT2D eigenvalue weighted by molar-refractivity contribution is 7.84. The predicted molar refractivity (Wildman–Crippen MR) is 86.9 cm³/mol. The minimum atomic E-state index is -0.830. The van der Waals surface area contributed by atoms with Crippen molar-refractivity contribution in [2.24, 2.45) is 0 Å². The van der Waals surface area contributed by atoms with Crippen LogP contribution in [-0.2, 0) is 17.2 Å². The minimum Gasteiger partial charge on any atom is -0.370 e. The number of nitrogens with one attached hydrogen (secondary N) is 2. The van der Waals surface area contributed by atoms with Crippen LogP contribution in [0.3, 0.4) is 0 Å². The Morgan fingerprint density at radius 2 is 1.80 bits per heavy atom. The lowest BCUT2D eigenvalue weighted by atomic mass is 10.2. The van der Waals surface area contributed by atoms with Crippen molar-refractivity contribution in [2.75, 3.05) is 30.0 Å². The number of hydrogen-bond donors (Lipinski definition) is 2. The van der Waals surface area contributed by atoms with Crippen molar-refractivity contribution in [1.29, 1.82) is 0 Å². The van der Waals surface area contributed by atoms with E-state index in [0.717, 1.165) is 42.4 Å². The molecule has 114 valence electrons. The first-order chi connectivity index (χ1) is 9.49. The van der Waals surface area contributed by atoms with Gasteiger partial charge in [0.25, 0.3) is 0 Å². The first-order valence-corrected chi connectivity index (χ1v) is 8.79. The summed E-state index contributed by atoms with van der Waals surface area (Å²) in [7, 11) is -0.830. The Morgan fingerprint density at radius 3 is 2.30 bits per heavy atom. The van der Waals surface area contributed by atoms with Gasteiger partial charge in [0, 0.05) is 47.4 Å². The molecule has 1 heterocycles. The second-order valence-corrected chi connectivity index (χ2v) is 6.73. The fourth-order valence-corrected chi connectivity index (χ4v) is 2.09. The van der Waals surface area contributed by atoms with Gasteiger partial charge in [-0.1, -0.05) is 6.92 Å². The molecule has 0 saturated heterocycles. The normalized spacial score (nSPS) is 13.8. The summed E-state index contributed by atoms with van der Waals surface area (Å²) >= 11 is 0. The van der Waals surface area contributed by atoms with Crippen molar-refractivity contribution in [3.63, 3.8) is 0 Å². The molecule has 1 rings (SSSR count). The summed E-state index contributed by atoms with van der Waals surface area (Å²) in [5.74, 6) is 2.58. The van der Waals surface area contributed by atoms with E-state index in [2.05, 4.69) is 34.4 Å². The maximum Gasteiger partial charge on any atom is 0.134 e. The van der Waals surface area contributed by atoms with E-state index < -0.39 is 10.8 Å². The SMILES string of the molecule is CCCc1nc(NCC)c(C)c(NCC(C)S(C)=O)n1. The zero-order valence-electron chi connectivity index (χ0n) is 13.1. The molecular weight excluding hydrogens is 272 g/mol. The van der Waals surface area contributed by atoms with Crippen LogP contribution in [0, 0.1) is 6.92 Å². The van der Waals surface area contributed by atoms with Gasteiger partial charge in [-0.25, -0.2) is 9.97 Å². The summed E-state index contributed by atoms with van der Waals surface area (Å²) in [5.41, 5.74) is 1.01. The van der Waals surface area contributed by atoms with Gasteiger partial charge in [0.2, 0.25) is 0 Å². The Labute approximate surface area is 124 Å². The molecule has 6 heteroatoms. The molecule has 0 radical (unpaired) electrons. The Morgan fingerprint density at radius 1 is 1.20 bits per heavy atom. The molecule has 0 fully saturated rings. The average Bonchev–Trinajstić information content (AvgIpc) is 2.40. The number of nitrogens with zero attached hydrogens (tertiary/aromatic N) is 2. The molecule has 5 nitrogen and oxygen atoms in total. The van der Waals surface area contributed by atoms with Crippen molar-refractivity contribution >= 4 is 22.4 Å². The molecule has 20 heavy (non-hydrogen) atoms. The summed E-state index contributed by atoms with van der Waals surface area (Å²) < 4.78 is 11.4. The first-order valence-electron chi connectivity index (χ1n) is 7.17. The Hall–Kier alpha value is -1.17. The van der Waals surface area contributed by atoms with Gasteiger partial charge in [0.15, 0.2) is 0 Å². The maximum atomic E-state index is 11.4. The fourth-order valence-electron chi connectivity index (χ4n) is 1.77. The lowest BCUT2D eigenvalue weighted by Gasteiger charge is -2.16. The molecule has 0 aliphatic carbocycles. The highest BCUT2D eigenvalue weighted by Gasteiger charge is 2.12. The lowest BCUT2D eigenvalue weighted by molar-refractivity contribution is 0.678. The molecule has 0 spiro atoms. The van der Waals surface area contributed by atoms with Crippen LogP contribution in [0.5, 0.6) is 0 Å². The van der Waals surface area contributed by atoms with Crippen molar-refractivity contribution < 1.29 is 4.21 Å². The van der Waals surface area contributed by atoms with E-state index in [1.165, 1.54) is 0 Å². The molecule has 0 aliphatic heterocycles. The molecular formula is C14H26N4OS. The molecule has 0 aromatic carbocycles. The van der Waals surface area contributed by atoms with Crippen molar-refractivity contribution in [3.8, 4) is 0 Å². The molecule has 2 N–H and O–H groups in total. The average molecular weight is 298 g/mol.